The summed E-state index contributed by atoms with van der Waals surface area (Å²) in [4.78, 5) is 8.38. The number of imidazole rings is 1. The smallest absolute Gasteiger partial charge is 0.163 e. The third-order valence-corrected chi connectivity index (χ3v) is 5.34. The Morgan fingerprint density at radius 1 is 0.952 bits per heavy atom. The molecule has 0 spiro atoms. The summed E-state index contributed by atoms with van der Waals surface area (Å²) < 4.78 is 11.5. The number of H-pyrrole nitrogens is 1. The fraction of sp³-hybridized carbons (Fsp3) is 0.588. The Morgan fingerprint density at radius 2 is 1.67 bits per heavy atom. The van der Waals surface area contributed by atoms with Crippen LogP contribution in [-0.2, 0) is 0 Å². The highest BCUT2D eigenvalue weighted by Crippen LogP contribution is 2.60. The van der Waals surface area contributed by atoms with Crippen molar-refractivity contribution in [2.75, 3.05) is 13.2 Å². The van der Waals surface area contributed by atoms with Crippen molar-refractivity contribution in [2.24, 2.45) is 11.8 Å². The van der Waals surface area contributed by atoms with Gasteiger partial charge in [-0.15, -0.1) is 0 Å². The molecule has 2 unspecified atom stereocenters. The lowest BCUT2D eigenvalue weighted by Crippen LogP contribution is -1.97. The van der Waals surface area contributed by atoms with Gasteiger partial charge in [0.25, 0.3) is 0 Å². The van der Waals surface area contributed by atoms with Crippen LogP contribution in [0, 0.1) is 11.8 Å². The molecule has 2 atom stereocenters. The minimum absolute atomic E-state index is 0.668. The van der Waals surface area contributed by atoms with Crippen LogP contribution in [0.25, 0.3) is 11.0 Å². The molecule has 2 heterocycles. The van der Waals surface area contributed by atoms with E-state index in [0.717, 1.165) is 54.0 Å². The van der Waals surface area contributed by atoms with Crippen LogP contribution in [0.15, 0.2) is 12.1 Å². The Hall–Kier alpha value is -1.71. The maximum absolute atomic E-state index is 5.76. The topological polar surface area (TPSA) is 47.1 Å². The van der Waals surface area contributed by atoms with E-state index < -0.39 is 0 Å². The summed E-state index contributed by atoms with van der Waals surface area (Å²) in [6.07, 6.45) is 6.50. The maximum atomic E-state index is 5.76. The van der Waals surface area contributed by atoms with Crippen LogP contribution in [0.2, 0.25) is 0 Å². The van der Waals surface area contributed by atoms with Gasteiger partial charge in [-0.2, -0.15) is 0 Å². The van der Waals surface area contributed by atoms with E-state index >= 15 is 0 Å². The lowest BCUT2D eigenvalue weighted by atomic mass is 10.0. The van der Waals surface area contributed by atoms with Crippen molar-refractivity contribution >= 4 is 11.0 Å². The maximum Gasteiger partial charge on any atom is 0.163 e. The minimum atomic E-state index is 0.668. The molecule has 0 saturated heterocycles. The second-order valence-corrected chi connectivity index (χ2v) is 6.63. The second kappa shape index (κ2) is 4.39. The molecule has 0 radical (unpaired) electrons. The van der Waals surface area contributed by atoms with Gasteiger partial charge in [0.15, 0.2) is 11.5 Å². The van der Waals surface area contributed by atoms with Gasteiger partial charge >= 0.3 is 0 Å². The van der Waals surface area contributed by atoms with Crippen molar-refractivity contribution < 1.29 is 9.47 Å². The molecule has 3 aliphatic rings. The molecule has 2 aromatic rings. The molecule has 0 amide bonds. The minimum Gasteiger partial charge on any atom is -0.489 e. The summed E-state index contributed by atoms with van der Waals surface area (Å²) in [5.74, 6) is 5.30. The highest BCUT2D eigenvalue weighted by Gasteiger charge is 2.52. The number of rotatable bonds is 1. The molecule has 1 aliphatic heterocycles. The molecular formula is C17H20N2O2. The summed E-state index contributed by atoms with van der Waals surface area (Å²) in [7, 11) is 0. The first-order valence-corrected chi connectivity index (χ1v) is 8.19. The largest absolute Gasteiger partial charge is 0.489 e. The van der Waals surface area contributed by atoms with Crippen LogP contribution >= 0.6 is 0 Å². The molecule has 2 fully saturated rings. The molecule has 21 heavy (non-hydrogen) atoms. The van der Waals surface area contributed by atoms with Gasteiger partial charge in [-0.1, -0.05) is 12.8 Å². The van der Waals surface area contributed by atoms with Crippen LogP contribution in [0.1, 0.15) is 43.8 Å². The SMILES string of the molecule is c1c2c(cc3[nH]c(C4C5CCCCC54)nc13)OCCCO2. The van der Waals surface area contributed by atoms with E-state index in [9.17, 15) is 0 Å². The number of hydrogen-bond acceptors (Lipinski definition) is 3. The molecule has 1 aromatic carbocycles. The predicted octanol–water partition coefficient (Wildman–Crippen LogP) is 3.63. The summed E-state index contributed by atoms with van der Waals surface area (Å²) in [6.45, 7) is 1.45. The van der Waals surface area contributed by atoms with E-state index in [1.54, 1.807) is 0 Å². The fourth-order valence-corrected chi connectivity index (χ4v) is 4.24. The zero-order valence-corrected chi connectivity index (χ0v) is 12.1. The first-order chi connectivity index (χ1) is 10.4. The van der Waals surface area contributed by atoms with Crippen LogP contribution < -0.4 is 9.47 Å². The Balaban J connectivity index is 1.53. The van der Waals surface area contributed by atoms with Gasteiger partial charge in [-0.3, -0.25) is 0 Å². The quantitative estimate of drug-likeness (QED) is 0.870. The second-order valence-electron chi connectivity index (χ2n) is 6.63. The first kappa shape index (κ1) is 11.9. The zero-order valence-electron chi connectivity index (χ0n) is 12.1. The van der Waals surface area contributed by atoms with Crippen LogP contribution in [-0.4, -0.2) is 23.2 Å². The number of nitrogens with one attached hydrogen (secondary N) is 1. The molecule has 0 bridgehead atoms. The Morgan fingerprint density at radius 3 is 2.43 bits per heavy atom. The van der Waals surface area contributed by atoms with E-state index in [2.05, 4.69) is 11.1 Å². The number of nitrogens with zero attached hydrogens (tertiary/aromatic N) is 1. The Kier molecular flexibility index (Phi) is 2.49. The fourth-order valence-electron chi connectivity index (χ4n) is 4.24. The normalized spacial score (nSPS) is 30.8. The number of fused-ring (bicyclic) bond motifs is 3. The summed E-state index contributed by atoms with van der Waals surface area (Å²) >= 11 is 0. The predicted molar refractivity (Wildman–Crippen MR) is 79.9 cm³/mol. The summed E-state index contributed by atoms with van der Waals surface area (Å²) in [5, 5.41) is 0. The molecule has 2 saturated carbocycles. The number of benzene rings is 1. The van der Waals surface area contributed by atoms with Crippen LogP contribution in [0.4, 0.5) is 0 Å². The van der Waals surface area contributed by atoms with Gasteiger partial charge in [0.1, 0.15) is 5.82 Å². The van der Waals surface area contributed by atoms with Crippen molar-refractivity contribution in [3.63, 3.8) is 0 Å². The Labute approximate surface area is 123 Å². The van der Waals surface area contributed by atoms with Gasteiger partial charge < -0.3 is 14.5 Å². The molecule has 4 heteroatoms. The molecule has 1 N–H and O–H groups in total. The lowest BCUT2D eigenvalue weighted by molar-refractivity contribution is 0.297. The van der Waals surface area contributed by atoms with Crippen LogP contribution in [0.3, 0.4) is 0 Å². The summed E-state index contributed by atoms with van der Waals surface area (Å²) in [6, 6.07) is 4.08. The van der Waals surface area contributed by atoms with Gasteiger partial charge in [-0.25, -0.2) is 4.98 Å². The standard InChI is InChI=1S/C17H20N2O2/c1-2-5-11-10(4-1)16(11)17-18-12-8-14-15(9-13(12)19-17)21-7-3-6-20-14/h8-11,16H,1-7H2,(H,18,19). The van der Waals surface area contributed by atoms with Gasteiger partial charge in [0.05, 0.1) is 24.2 Å². The average molecular weight is 284 g/mol. The Bertz CT molecular complexity index is 638. The number of aromatic amines is 1. The molecule has 2 aliphatic carbocycles. The van der Waals surface area contributed by atoms with Crippen molar-refractivity contribution in [1.82, 2.24) is 9.97 Å². The van der Waals surface area contributed by atoms with Gasteiger partial charge in [0.2, 0.25) is 0 Å². The molecular weight excluding hydrogens is 264 g/mol. The van der Waals surface area contributed by atoms with Gasteiger partial charge in [-0.05, 0) is 24.7 Å². The highest BCUT2D eigenvalue weighted by atomic mass is 16.5. The van der Waals surface area contributed by atoms with E-state index in [1.165, 1.54) is 31.5 Å². The average Bonchev–Trinajstić information content (AvgIpc) is 3.16. The molecule has 1 aromatic heterocycles. The van der Waals surface area contributed by atoms with Crippen molar-refractivity contribution in [3.05, 3.63) is 18.0 Å². The summed E-state index contributed by atoms with van der Waals surface area (Å²) in [5.41, 5.74) is 2.09. The van der Waals surface area contributed by atoms with Crippen molar-refractivity contribution in [3.8, 4) is 11.5 Å². The molecule has 4 nitrogen and oxygen atoms in total. The zero-order chi connectivity index (χ0) is 13.8. The third kappa shape index (κ3) is 1.84. The third-order valence-electron chi connectivity index (χ3n) is 5.34. The van der Waals surface area contributed by atoms with E-state index in [1.807, 2.05) is 6.07 Å². The highest BCUT2D eigenvalue weighted by molar-refractivity contribution is 5.80. The van der Waals surface area contributed by atoms with Crippen molar-refractivity contribution in [1.29, 1.82) is 0 Å². The van der Waals surface area contributed by atoms with Crippen LogP contribution in [0.5, 0.6) is 11.5 Å². The molecule has 110 valence electrons. The van der Waals surface area contributed by atoms with Crippen molar-refractivity contribution in [2.45, 2.75) is 38.0 Å². The number of hydrogen-bond donors (Lipinski definition) is 1. The van der Waals surface area contributed by atoms with E-state index in [4.69, 9.17) is 14.5 Å². The lowest BCUT2D eigenvalue weighted by Gasteiger charge is -2.05. The monoisotopic (exact) mass is 284 g/mol. The van der Waals surface area contributed by atoms with Gasteiger partial charge in [0, 0.05) is 24.5 Å². The van der Waals surface area contributed by atoms with E-state index in [0.29, 0.717) is 5.92 Å². The number of aromatic nitrogens is 2. The van der Waals surface area contributed by atoms with E-state index in [-0.39, 0.29) is 0 Å². The first-order valence-electron chi connectivity index (χ1n) is 8.19. The molecule has 5 rings (SSSR count). The number of ether oxygens (including phenoxy) is 2.